The largest absolute Gasteiger partial charge is 0.444 e. The summed E-state index contributed by atoms with van der Waals surface area (Å²) < 4.78 is 5.66. The summed E-state index contributed by atoms with van der Waals surface area (Å²) >= 11 is 12.5. The van der Waals surface area contributed by atoms with Gasteiger partial charge in [0.1, 0.15) is 5.60 Å². The normalized spacial score (nSPS) is 14.0. The molecule has 4 rings (SSSR count). The van der Waals surface area contributed by atoms with Crippen LogP contribution in [-0.2, 0) is 11.3 Å². The summed E-state index contributed by atoms with van der Waals surface area (Å²) in [6.07, 6.45) is 3.22. The van der Waals surface area contributed by atoms with Crippen molar-refractivity contribution >= 4 is 40.7 Å². The minimum Gasteiger partial charge on any atom is -0.444 e. The van der Waals surface area contributed by atoms with Gasteiger partial charge in [-0.1, -0.05) is 29.3 Å². The van der Waals surface area contributed by atoms with Gasteiger partial charge in [0, 0.05) is 36.9 Å². The first kappa shape index (κ1) is 22.4. The Kier molecular flexibility index (Phi) is 6.31. The van der Waals surface area contributed by atoms with Gasteiger partial charge < -0.3 is 14.5 Å². The van der Waals surface area contributed by atoms with Gasteiger partial charge in [-0.15, -0.1) is 0 Å². The van der Waals surface area contributed by atoms with Gasteiger partial charge in [-0.3, -0.25) is 4.98 Å². The van der Waals surface area contributed by atoms with Crippen molar-refractivity contribution in [2.45, 2.75) is 32.9 Å². The third-order valence-corrected chi connectivity index (χ3v) is 5.94. The number of rotatable bonds is 2. The van der Waals surface area contributed by atoms with E-state index >= 15 is 0 Å². The molecule has 0 unspecified atom stereocenters. The molecule has 0 saturated carbocycles. The van der Waals surface area contributed by atoms with Crippen molar-refractivity contribution < 1.29 is 9.53 Å². The number of ether oxygens (including phenoxy) is 1. The fourth-order valence-electron chi connectivity index (χ4n) is 3.73. The average molecular weight is 470 g/mol. The zero-order chi connectivity index (χ0) is 22.9. The predicted octanol–water partition coefficient (Wildman–Crippen LogP) is 6.94. The van der Waals surface area contributed by atoms with E-state index in [0.29, 0.717) is 29.7 Å². The van der Waals surface area contributed by atoms with Crippen LogP contribution in [0.25, 0.3) is 11.1 Å². The second-order valence-corrected chi connectivity index (χ2v) is 9.55. The Morgan fingerprint density at radius 3 is 2.38 bits per heavy atom. The maximum absolute atomic E-state index is 12.9. The molecule has 0 fully saturated rings. The molecule has 1 aliphatic rings. The van der Waals surface area contributed by atoms with E-state index in [4.69, 9.17) is 27.9 Å². The van der Waals surface area contributed by atoms with E-state index in [9.17, 15) is 4.79 Å². The number of amides is 1. The van der Waals surface area contributed by atoms with Gasteiger partial charge in [0.15, 0.2) is 0 Å². The predicted molar refractivity (Wildman–Crippen MR) is 130 cm³/mol. The summed E-state index contributed by atoms with van der Waals surface area (Å²) in [6.45, 7) is 7.18. The monoisotopic (exact) mass is 469 g/mol. The van der Waals surface area contributed by atoms with Crippen LogP contribution in [0, 0.1) is 0 Å². The standard InChI is InChI=1S/C25H25Cl2N3O2/c1-25(2,3)32-24(31)29-12-13-30(20-5-6-21(26)22(27)15-20)23-7-4-18(14-19(23)16-29)17-8-10-28-11-9-17/h4-11,14-15H,12-13,16H2,1-3H3. The molecule has 0 radical (unpaired) electrons. The van der Waals surface area contributed by atoms with Crippen LogP contribution in [0.1, 0.15) is 26.3 Å². The summed E-state index contributed by atoms with van der Waals surface area (Å²) in [5, 5.41) is 1.00. The molecule has 0 atom stereocenters. The van der Waals surface area contributed by atoms with Crippen molar-refractivity contribution in [2.75, 3.05) is 18.0 Å². The molecule has 1 aromatic heterocycles. The average Bonchev–Trinajstić information content (AvgIpc) is 2.94. The highest BCUT2D eigenvalue weighted by Crippen LogP contribution is 2.37. The Labute approximate surface area is 198 Å². The van der Waals surface area contributed by atoms with Crippen LogP contribution in [0.15, 0.2) is 60.9 Å². The highest BCUT2D eigenvalue weighted by Gasteiger charge is 2.28. The number of benzene rings is 2. The number of halogens is 2. The Morgan fingerprint density at radius 1 is 0.938 bits per heavy atom. The molecular formula is C25H25Cl2N3O2. The molecule has 1 aliphatic heterocycles. The van der Waals surface area contributed by atoms with Crippen LogP contribution < -0.4 is 4.90 Å². The number of aromatic nitrogens is 1. The van der Waals surface area contributed by atoms with E-state index in [-0.39, 0.29) is 6.09 Å². The molecule has 0 spiro atoms. The highest BCUT2D eigenvalue weighted by molar-refractivity contribution is 6.42. The molecule has 7 heteroatoms. The molecule has 32 heavy (non-hydrogen) atoms. The van der Waals surface area contributed by atoms with Crippen LogP contribution >= 0.6 is 23.2 Å². The van der Waals surface area contributed by atoms with E-state index in [0.717, 1.165) is 28.1 Å². The van der Waals surface area contributed by atoms with Crippen molar-refractivity contribution in [2.24, 2.45) is 0 Å². The molecular weight excluding hydrogens is 445 g/mol. The Bertz CT molecular complexity index is 1130. The molecule has 166 valence electrons. The van der Waals surface area contributed by atoms with Gasteiger partial charge in [-0.25, -0.2) is 4.79 Å². The number of carbonyl (C=O) groups is 1. The van der Waals surface area contributed by atoms with E-state index in [1.807, 2.05) is 45.0 Å². The smallest absolute Gasteiger partial charge is 0.410 e. The van der Waals surface area contributed by atoms with Crippen molar-refractivity contribution in [3.63, 3.8) is 0 Å². The highest BCUT2D eigenvalue weighted by atomic mass is 35.5. The lowest BCUT2D eigenvalue weighted by Crippen LogP contribution is -2.38. The number of nitrogens with zero attached hydrogens (tertiary/aromatic N) is 3. The van der Waals surface area contributed by atoms with Crippen LogP contribution in [0.3, 0.4) is 0 Å². The first-order valence-corrected chi connectivity index (χ1v) is 11.2. The van der Waals surface area contributed by atoms with Crippen molar-refractivity contribution in [3.05, 3.63) is 76.5 Å². The fraction of sp³-hybridized carbons (Fsp3) is 0.280. The Hall–Kier alpha value is -2.76. The summed E-state index contributed by atoms with van der Waals surface area (Å²) in [4.78, 5) is 20.9. The zero-order valence-corrected chi connectivity index (χ0v) is 19.8. The summed E-state index contributed by atoms with van der Waals surface area (Å²) in [6, 6.07) is 15.8. The van der Waals surface area contributed by atoms with Crippen LogP contribution in [-0.4, -0.2) is 34.7 Å². The van der Waals surface area contributed by atoms with Gasteiger partial charge in [-0.05, 0) is 79.9 Å². The second kappa shape index (κ2) is 9.00. The number of fused-ring (bicyclic) bond motifs is 1. The summed E-state index contributed by atoms with van der Waals surface area (Å²) in [7, 11) is 0. The third kappa shape index (κ3) is 5.00. The quantitative estimate of drug-likeness (QED) is 0.407. The van der Waals surface area contributed by atoms with E-state index in [2.05, 4.69) is 28.1 Å². The van der Waals surface area contributed by atoms with E-state index < -0.39 is 5.60 Å². The molecule has 1 amide bonds. The van der Waals surface area contributed by atoms with E-state index in [1.54, 1.807) is 23.4 Å². The molecule has 0 N–H and O–H groups in total. The SMILES string of the molecule is CC(C)(C)OC(=O)N1CCN(c2ccc(Cl)c(Cl)c2)c2ccc(-c3ccncc3)cc2C1. The van der Waals surface area contributed by atoms with Gasteiger partial charge in [0.05, 0.1) is 16.6 Å². The summed E-state index contributed by atoms with van der Waals surface area (Å²) in [5.74, 6) is 0. The van der Waals surface area contributed by atoms with Crippen LogP contribution in [0.5, 0.6) is 0 Å². The molecule has 2 heterocycles. The minimum absolute atomic E-state index is 0.325. The van der Waals surface area contributed by atoms with Crippen LogP contribution in [0.2, 0.25) is 10.0 Å². The maximum Gasteiger partial charge on any atom is 0.410 e. The first-order chi connectivity index (χ1) is 15.2. The lowest BCUT2D eigenvalue weighted by Gasteiger charge is -2.27. The number of pyridine rings is 1. The lowest BCUT2D eigenvalue weighted by atomic mass is 10.0. The van der Waals surface area contributed by atoms with Crippen molar-refractivity contribution in [1.29, 1.82) is 0 Å². The number of carbonyl (C=O) groups excluding carboxylic acids is 1. The third-order valence-electron chi connectivity index (χ3n) is 5.21. The molecule has 2 aromatic carbocycles. The number of hydrogen-bond acceptors (Lipinski definition) is 4. The van der Waals surface area contributed by atoms with Crippen molar-refractivity contribution in [3.8, 4) is 11.1 Å². The van der Waals surface area contributed by atoms with Gasteiger partial charge in [0.2, 0.25) is 0 Å². The topological polar surface area (TPSA) is 45.7 Å². The zero-order valence-electron chi connectivity index (χ0n) is 18.3. The fourth-order valence-corrected chi connectivity index (χ4v) is 4.02. The maximum atomic E-state index is 12.9. The van der Waals surface area contributed by atoms with Gasteiger partial charge >= 0.3 is 6.09 Å². The lowest BCUT2D eigenvalue weighted by molar-refractivity contribution is 0.0244. The first-order valence-electron chi connectivity index (χ1n) is 10.4. The van der Waals surface area contributed by atoms with E-state index in [1.165, 1.54) is 0 Å². The Balaban J connectivity index is 1.76. The number of anilines is 2. The molecule has 3 aromatic rings. The molecule has 0 saturated heterocycles. The minimum atomic E-state index is -0.561. The van der Waals surface area contributed by atoms with Gasteiger partial charge in [0.25, 0.3) is 0 Å². The second-order valence-electron chi connectivity index (χ2n) is 8.73. The van der Waals surface area contributed by atoms with Gasteiger partial charge in [-0.2, -0.15) is 0 Å². The molecule has 0 aliphatic carbocycles. The molecule has 0 bridgehead atoms. The summed E-state index contributed by atoms with van der Waals surface area (Å²) in [5.41, 5.74) is 4.53. The Morgan fingerprint density at radius 2 is 1.69 bits per heavy atom. The molecule has 5 nitrogen and oxygen atoms in total. The van der Waals surface area contributed by atoms with Crippen molar-refractivity contribution in [1.82, 2.24) is 9.88 Å². The number of hydrogen-bond donors (Lipinski definition) is 0. The van der Waals surface area contributed by atoms with Crippen LogP contribution in [0.4, 0.5) is 16.2 Å².